The van der Waals surface area contributed by atoms with E-state index in [9.17, 15) is 4.79 Å². The number of nitrogens with one attached hydrogen (secondary N) is 1. The maximum atomic E-state index is 12.4. The quantitative estimate of drug-likeness (QED) is 0.604. The van der Waals surface area contributed by atoms with Crippen LogP contribution in [0.5, 0.6) is 5.75 Å². The average molecular weight is 441 g/mol. The van der Waals surface area contributed by atoms with Crippen LogP contribution in [0.2, 0.25) is 5.02 Å². The minimum absolute atomic E-state index is 0. The summed E-state index contributed by atoms with van der Waals surface area (Å²) in [6, 6.07) is 14.2. The highest BCUT2D eigenvalue weighted by Crippen LogP contribution is 2.27. The number of ketones is 1. The van der Waals surface area contributed by atoms with Crippen LogP contribution in [0.25, 0.3) is 10.6 Å². The highest BCUT2D eigenvalue weighted by atomic mass is 79.9. The predicted molar refractivity (Wildman–Crippen MR) is 104 cm³/mol. The standard InChI is InChI=1S/C17H14ClN3O2S.BrH/c1-23-12-8-6-11(7-9-12)15(22)10-21-17(19)24-16(20-21)13-4-2-3-5-14(13)18;/h2-9,19H,10H2,1H3;1H. The predicted octanol–water partition coefficient (Wildman–Crippen LogP) is 4.21. The number of Topliss-reactive ketones (excluding diaryl/α,β-unsaturated/α-hetero) is 1. The number of nitrogens with zero attached hydrogens (tertiary/aromatic N) is 2. The van der Waals surface area contributed by atoms with Gasteiger partial charge in [-0.2, -0.15) is 5.10 Å². The van der Waals surface area contributed by atoms with Gasteiger partial charge in [0.05, 0.1) is 12.1 Å². The molecule has 130 valence electrons. The number of ether oxygens (including phenoxy) is 1. The van der Waals surface area contributed by atoms with E-state index in [0.717, 1.165) is 5.56 Å². The van der Waals surface area contributed by atoms with Gasteiger partial charge in [0.15, 0.2) is 5.78 Å². The Kier molecular flexibility index (Phi) is 6.52. The van der Waals surface area contributed by atoms with Gasteiger partial charge in [0.25, 0.3) is 0 Å². The molecule has 1 heterocycles. The lowest BCUT2D eigenvalue weighted by atomic mass is 10.1. The molecular formula is C17H15BrClN3O2S. The Balaban J connectivity index is 0.00000225. The number of hydrogen-bond donors (Lipinski definition) is 1. The van der Waals surface area contributed by atoms with Crippen LogP contribution in [0.1, 0.15) is 10.4 Å². The number of benzene rings is 2. The van der Waals surface area contributed by atoms with Gasteiger partial charge in [0.2, 0.25) is 4.80 Å². The molecule has 8 heteroatoms. The summed E-state index contributed by atoms with van der Waals surface area (Å²) < 4.78 is 6.46. The molecule has 0 radical (unpaired) electrons. The molecule has 0 aliphatic carbocycles. The lowest BCUT2D eigenvalue weighted by Crippen LogP contribution is -2.21. The summed E-state index contributed by atoms with van der Waals surface area (Å²) in [5.41, 5.74) is 1.31. The third kappa shape index (κ3) is 4.36. The second kappa shape index (κ2) is 8.42. The molecule has 1 aromatic heterocycles. The monoisotopic (exact) mass is 439 g/mol. The van der Waals surface area contributed by atoms with E-state index in [4.69, 9.17) is 21.7 Å². The first-order valence-electron chi connectivity index (χ1n) is 7.13. The van der Waals surface area contributed by atoms with Gasteiger partial charge in [0, 0.05) is 11.1 Å². The van der Waals surface area contributed by atoms with E-state index in [0.29, 0.717) is 21.3 Å². The van der Waals surface area contributed by atoms with Crippen LogP contribution >= 0.6 is 39.9 Å². The van der Waals surface area contributed by atoms with Crippen LogP contribution in [0, 0.1) is 5.41 Å². The van der Waals surface area contributed by atoms with Crippen molar-refractivity contribution < 1.29 is 9.53 Å². The first-order chi connectivity index (χ1) is 11.6. The summed E-state index contributed by atoms with van der Waals surface area (Å²) >= 11 is 7.35. The van der Waals surface area contributed by atoms with Crippen molar-refractivity contribution >= 4 is 45.7 Å². The summed E-state index contributed by atoms with van der Waals surface area (Å²) in [6.07, 6.45) is 0. The minimum Gasteiger partial charge on any atom is -0.497 e. The van der Waals surface area contributed by atoms with Crippen molar-refractivity contribution in [3.05, 3.63) is 63.9 Å². The second-order valence-electron chi connectivity index (χ2n) is 5.00. The zero-order chi connectivity index (χ0) is 17.1. The van der Waals surface area contributed by atoms with E-state index in [-0.39, 0.29) is 34.1 Å². The van der Waals surface area contributed by atoms with E-state index >= 15 is 0 Å². The molecule has 0 amide bonds. The summed E-state index contributed by atoms with van der Waals surface area (Å²) in [5, 5.41) is 13.6. The number of aromatic nitrogens is 2. The van der Waals surface area contributed by atoms with Gasteiger partial charge in [-0.3, -0.25) is 10.2 Å². The Morgan fingerprint density at radius 1 is 1.24 bits per heavy atom. The fraction of sp³-hybridized carbons (Fsp3) is 0.118. The van der Waals surface area contributed by atoms with Crippen LogP contribution in [-0.2, 0) is 6.54 Å². The molecule has 0 atom stereocenters. The van der Waals surface area contributed by atoms with Crippen molar-refractivity contribution in [3.8, 4) is 16.3 Å². The summed E-state index contributed by atoms with van der Waals surface area (Å²) in [7, 11) is 1.57. The first kappa shape index (κ1) is 19.4. The van der Waals surface area contributed by atoms with Crippen molar-refractivity contribution in [1.82, 2.24) is 9.78 Å². The van der Waals surface area contributed by atoms with E-state index in [1.54, 1.807) is 37.4 Å². The Hall–Kier alpha value is -1.96. The molecule has 0 bridgehead atoms. The van der Waals surface area contributed by atoms with Crippen molar-refractivity contribution in [3.63, 3.8) is 0 Å². The van der Waals surface area contributed by atoms with Gasteiger partial charge in [0.1, 0.15) is 17.3 Å². The lowest BCUT2D eigenvalue weighted by Gasteiger charge is -2.03. The van der Waals surface area contributed by atoms with Gasteiger partial charge in [-0.25, -0.2) is 4.68 Å². The van der Waals surface area contributed by atoms with E-state index in [1.807, 2.05) is 18.2 Å². The lowest BCUT2D eigenvalue weighted by molar-refractivity contribution is 0.0966. The number of carbonyl (C=O) groups excluding carboxylic acids is 1. The van der Waals surface area contributed by atoms with Crippen LogP contribution in [0.15, 0.2) is 48.5 Å². The maximum Gasteiger partial charge on any atom is 0.200 e. The molecule has 3 aromatic rings. The molecule has 2 aromatic carbocycles. The van der Waals surface area contributed by atoms with E-state index in [1.165, 1.54) is 16.0 Å². The van der Waals surface area contributed by atoms with Crippen molar-refractivity contribution in [1.29, 1.82) is 5.41 Å². The van der Waals surface area contributed by atoms with Crippen LogP contribution < -0.4 is 9.54 Å². The maximum absolute atomic E-state index is 12.4. The van der Waals surface area contributed by atoms with Crippen molar-refractivity contribution in [2.45, 2.75) is 6.54 Å². The van der Waals surface area contributed by atoms with Crippen LogP contribution in [0.4, 0.5) is 0 Å². The zero-order valence-corrected chi connectivity index (χ0v) is 16.5. The molecule has 5 nitrogen and oxygen atoms in total. The molecule has 3 rings (SSSR count). The fourth-order valence-electron chi connectivity index (χ4n) is 2.17. The second-order valence-corrected chi connectivity index (χ2v) is 6.39. The molecule has 0 saturated heterocycles. The van der Waals surface area contributed by atoms with Gasteiger partial charge in [-0.1, -0.05) is 41.1 Å². The third-order valence-corrected chi connectivity index (χ3v) is 4.68. The molecule has 0 spiro atoms. The Labute approximate surface area is 164 Å². The topological polar surface area (TPSA) is 68.0 Å². The molecule has 0 fully saturated rings. The average Bonchev–Trinajstić information content (AvgIpc) is 2.95. The number of halogens is 2. The summed E-state index contributed by atoms with van der Waals surface area (Å²) in [5.74, 6) is 0.571. The number of methoxy groups -OCH3 is 1. The number of carbonyl (C=O) groups is 1. The zero-order valence-electron chi connectivity index (χ0n) is 13.2. The first-order valence-corrected chi connectivity index (χ1v) is 8.32. The highest BCUT2D eigenvalue weighted by molar-refractivity contribution is 8.93. The summed E-state index contributed by atoms with van der Waals surface area (Å²) in [6.45, 7) is 0.00607. The van der Waals surface area contributed by atoms with Gasteiger partial charge >= 0.3 is 0 Å². The Morgan fingerprint density at radius 2 is 1.92 bits per heavy atom. The third-order valence-electron chi connectivity index (χ3n) is 3.45. The molecule has 0 unspecified atom stereocenters. The largest absolute Gasteiger partial charge is 0.497 e. The van der Waals surface area contributed by atoms with Crippen LogP contribution in [0.3, 0.4) is 0 Å². The number of hydrogen-bond acceptors (Lipinski definition) is 5. The van der Waals surface area contributed by atoms with Crippen LogP contribution in [-0.4, -0.2) is 22.7 Å². The van der Waals surface area contributed by atoms with Gasteiger partial charge < -0.3 is 4.74 Å². The molecular weight excluding hydrogens is 426 g/mol. The van der Waals surface area contributed by atoms with Gasteiger partial charge in [-0.05, 0) is 30.3 Å². The molecule has 0 aliphatic heterocycles. The van der Waals surface area contributed by atoms with Gasteiger partial charge in [-0.15, -0.1) is 17.0 Å². The normalized spacial score (nSPS) is 10.2. The molecule has 0 saturated carbocycles. The fourth-order valence-corrected chi connectivity index (χ4v) is 3.28. The molecule has 0 aliphatic rings. The number of rotatable bonds is 5. The molecule has 25 heavy (non-hydrogen) atoms. The smallest absolute Gasteiger partial charge is 0.200 e. The Morgan fingerprint density at radius 3 is 2.56 bits per heavy atom. The van der Waals surface area contributed by atoms with E-state index in [2.05, 4.69) is 5.10 Å². The van der Waals surface area contributed by atoms with Crippen molar-refractivity contribution in [2.75, 3.05) is 7.11 Å². The Bertz CT molecular complexity index is 938. The highest BCUT2D eigenvalue weighted by Gasteiger charge is 2.13. The summed E-state index contributed by atoms with van der Waals surface area (Å²) in [4.78, 5) is 12.6. The van der Waals surface area contributed by atoms with Crippen molar-refractivity contribution in [2.24, 2.45) is 0 Å². The minimum atomic E-state index is -0.118. The SMILES string of the molecule is Br.COc1ccc(C(=O)Cn2nc(-c3ccccc3Cl)sc2=N)cc1. The molecule has 1 N–H and O–H groups in total. The van der Waals surface area contributed by atoms with E-state index < -0.39 is 0 Å².